The van der Waals surface area contributed by atoms with Gasteiger partial charge in [0.15, 0.2) is 0 Å². The number of methoxy groups -OCH3 is 1. The zero-order valence-electron chi connectivity index (χ0n) is 13.7. The minimum absolute atomic E-state index is 0.0683. The molecule has 124 valence electrons. The number of rotatable bonds is 6. The molecule has 2 aromatic carbocycles. The Morgan fingerprint density at radius 3 is 2.71 bits per heavy atom. The summed E-state index contributed by atoms with van der Waals surface area (Å²) in [6, 6.07) is 15.3. The van der Waals surface area contributed by atoms with Gasteiger partial charge in [-0.25, -0.2) is 0 Å². The molecular formula is C19H21N3O2. The van der Waals surface area contributed by atoms with Crippen LogP contribution in [-0.4, -0.2) is 31.9 Å². The van der Waals surface area contributed by atoms with Crippen molar-refractivity contribution in [1.82, 2.24) is 10.6 Å². The van der Waals surface area contributed by atoms with Gasteiger partial charge in [-0.1, -0.05) is 24.3 Å². The summed E-state index contributed by atoms with van der Waals surface area (Å²) in [5.41, 5.74) is 3.07. The predicted octanol–water partition coefficient (Wildman–Crippen LogP) is 2.37. The standard InChI is InChI=1S/C19H21N3O2/c1-24-16-9-7-14(8-10-16)19(23)21-12-4-11-20-18-17-6-3-2-5-15(17)13-22-18/h2-3,5-10H,4,11-13H2,1H3,(H,20,22)(H,21,23). The molecule has 1 aliphatic heterocycles. The predicted molar refractivity (Wildman–Crippen MR) is 94.6 cm³/mol. The lowest BCUT2D eigenvalue weighted by Gasteiger charge is -2.09. The normalized spacial score (nSPS) is 12.3. The third-order valence-electron chi connectivity index (χ3n) is 3.96. The van der Waals surface area contributed by atoms with Crippen molar-refractivity contribution in [1.29, 1.82) is 0 Å². The van der Waals surface area contributed by atoms with Gasteiger partial charge in [-0.05, 0) is 36.2 Å². The van der Waals surface area contributed by atoms with Crippen molar-refractivity contribution in [3.05, 3.63) is 65.2 Å². The lowest BCUT2D eigenvalue weighted by Crippen LogP contribution is -2.29. The Hall–Kier alpha value is -2.82. The first kappa shape index (κ1) is 16.1. The summed E-state index contributed by atoms with van der Waals surface area (Å²) in [5, 5.41) is 6.27. The van der Waals surface area contributed by atoms with Crippen LogP contribution in [-0.2, 0) is 6.54 Å². The maximum atomic E-state index is 12.0. The second-order valence-electron chi connectivity index (χ2n) is 5.59. The van der Waals surface area contributed by atoms with E-state index in [-0.39, 0.29) is 5.91 Å². The second-order valence-corrected chi connectivity index (χ2v) is 5.59. The fourth-order valence-corrected chi connectivity index (χ4v) is 2.63. The van der Waals surface area contributed by atoms with Crippen LogP contribution in [0, 0.1) is 0 Å². The zero-order valence-corrected chi connectivity index (χ0v) is 13.7. The molecule has 1 aliphatic rings. The molecule has 5 heteroatoms. The van der Waals surface area contributed by atoms with Gasteiger partial charge < -0.3 is 15.4 Å². The molecular weight excluding hydrogens is 302 g/mol. The number of fused-ring (bicyclic) bond motifs is 1. The van der Waals surface area contributed by atoms with Crippen LogP contribution < -0.4 is 15.4 Å². The molecule has 1 heterocycles. The van der Waals surface area contributed by atoms with Crippen LogP contribution in [0.15, 0.2) is 53.5 Å². The van der Waals surface area contributed by atoms with Crippen LogP contribution >= 0.6 is 0 Å². The van der Waals surface area contributed by atoms with Gasteiger partial charge in [0, 0.05) is 24.2 Å². The number of nitrogens with zero attached hydrogens (tertiary/aromatic N) is 1. The van der Waals surface area contributed by atoms with Gasteiger partial charge in [-0.3, -0.25) is 9.79 Å². The van der Waals surface area contributed by atoms with E-state index in [1.165, 1.54) is 11.1 Å². The van der Waals surface area contributed by atoms with Crippen molar-refractivity contribution in [3.8, 4) is 5.75 Å². The largest absolute Gasteiger partial charge is 0.497 e. The molecule has 1 amide bonds. The van der Waals surface area contributed by atoms with E-state index in [0.29, 0.717) is 12.1 Å². The smallest absolute Gasteiger partial charge is 0.251 e. The van der Waals surface area contributed by atoms with E-state index >= 15 is 0 Å². The van der Waals surface area contributed by atoms with E-state index in [4.69, 9.17) is 4.74 Å². The first-order chi connectivity index (χ1) is 11.8. The minimum atomic E-state index is -0.0683. The average Bonchev–Trinajstić information content (AvgIpc) is 3.04. The molecule has 2 N–H and O–H groups in total. The minimum Gasteiger partial charge on any atom is -0.497 e. The van der Waals surface area contributed by atoms with Crippen LogP contribution in [0.1, 0.15) is 27.9 Å². The number of amidine groups is 1. The highest BCUT2D eigenvalue weighted by molar-refractivity contribution is 6.01. The quantitative estimate of drug-likeness (QED) is 0.802. The van der Waals surface area contributed by atoms with Gasteiger partial charge in [-0.15, -0.1) is 0 Å². The van der Waals surface area contributed by atoms with Gasteiger partial charge >= 0.3 is 0 Å². The SMILES string of the molecule is COc1ccc(C(=O)NCCCNC2=NCc3ccccc32)cc1. The lowest BCUT2D eigenvalue weighted by molar-refractivity contribution is 0.0953. The first-order valence-corrected chi connectivity index (χ1v) is 8.07. The maximum Gasteiger partial charge on any atom is 0.251 e. The van der Waals surface area contributed by atoms with E-state index in [0.717, 1.165) is 31.1 Å². The summed E-state index contributed by atoms with van der Waals surface area (Å²) in [4.78, 5) is 16.5. The summed E-state index contributed by atoms with van der Waals surface area (Å²) in [7, 11) is 1.61. The van der Waals surface area contributed by atoms with Gasteiger partial charge in [0.05, 0.1) is 13.7 Å². The van der Waals surface area contributed by atoms with E-state index in [1.54, 1.807) is 31.4 Å². The van der Waals surface area contributed by atoms with Gasteiger partial charge in [0.1, 0.15) is 11.6 Å². The van der Waals surface area contributed by atoms with Crippen molar-refractivity contribution in [3.63, 3.8) is 0 Å². The number of aliphatic imine (C=N–C) groups is 1. The monoisotopic (exact) mass is 323 g/mol. The Morgan fingerprint density at radius 1 is 1.12 bits per heavy atom. The van der Waals surface area contributed by atoms with Crippen LogP contribution in [0.25, 0.3) is 0 Å². The van der Waals surface area contributed by atoms with Crippen molar-refractivity contribution < 1.29 is 9.53 Å². The molecule has 3 rings (SSSR count). The highest BCUT2D eigenvalue weighted by Crippen LogP contribution is 2.16. The molecule has 0 bridgehead atoms. The number of benzene rings is 2. The number of carbonyl (C=O) groups excluding carboxylic acids is 1. The Bertz CT molecular complexity index is 739. The Labute approximate surface area is 141 Å². The topological polar surface area (TPSA) is 62.7 Å². The average molecular weight is 323 g/mol. The molecule has 0 saturated carbocycles. The number of amides is 1. The van der Waals surface area contributed by atoms with Crippen molar-refractivity contribution in [2.24, 2.45) is 4.99 Å². The van der Waals surface area contributed by atoms with Gasteiger partial charge in [-0.2, -0.15) is 0 Å². The molecule has 2 aromatic rings. The van der Waals surface area contributed by atoms with E-state index in [2.05, 4.69) is 27.8 Å². The summed E-state index contributed by atoms with van der Waals surface area (Å²) in [6.45, 7) is 2.13. The number of hydrogen-bond acceptors (Lipinski definition) is 4. The highest BCUT2D eigenvalue weighted by Gasteiger charge is 2.13. The molecule has 0 atom stereocenters. The maximum absolute atomic E-state index is 12.0. The summed E-state index contributed by atoms with van der Waals surface area (Å²) < 4.78 is 5.08. The van der Waals surface area contributed by atoms with E-state index < -0.39 is 0 Å². The lowest BCUT2D eigenvalue weighted by atomic mass is 10.1. The number of nitrogens with one attached hydrogen (secondary N) is 2. The molecule has 0 aromatic heterocycles. The molecule has 0 fully saturated rings. The van der Waals surface area contributed by atoms with Crippen LogP contribution in [0.2, 0.25) is 0 Å². The third-order valence-corrected chi connectivity index (χ3v) is 3.96. The molecule has 0 unspecified atom stereocenters. The van der Waals surface area contributed by atoms with Gasteiger partial charge in [0.2, 0.25) is 0 Å². The Balaban J connectivity index is 1.39. The molecule has 5 nitrogen and oxygen atoms in total. The Kier molecular flexibility index (Phi) is 5.11. The van der Waals surface area contributed by atoms with Crippen molar-refractivity contribution in [2.45, 2.75) is 13.0 Å². The molecule has 0 aliphatic carbocycles. The van der Waals surface area contributed by atoms with E-state index in [9.17, 15) is 4.79 Å². The second kappa shape index (κ2) is 7.64. The summed E-state index contributed by atoms with van der Waals surface area (Å²) in [5.74, 6) is 1.63. The summed E-state index contributed by atoms with van der Waals surface area (Å²) in [6.07, 6.45) is 0.836. The molecule has 0 spiro atoms. The molecule has 0 saturated heterocycles. The van der Waals surface area contributed by atoms with Crippen LogP contribution in [0.3, 0.4) is 0 Å². The number of carbonyl (C=O) groups is 1. The number of ether oxygens (including phenoxy) is 1. The first-order valence-electron chi connectivity index (χ1n) is 8.07. The number of hydrogen-bond donors (Lipinski definition) is 2. The van der Waals surface area contributed by atoms with Crippen LogP contribution in [0.4, 0.5) is 0 Å². The van der Waals surface area contributed by atoms with Crippen LogP contribution in [0.5, 0.6) is 5.75 Å². The van der Waals surface area contributed by atoms with Gasteiger partial charge in [0.25, 0.3) is 5.91 Å². The molecule has 0 radical (unpaired) electrons. The third kappa shape index (κ3) is 3.74. The highest BCUT2D eigenvalue weighted by atomic mass is 16.5. The Morgan fingerprint density at radius 2 is 1.92 bits per heavy atom. The van der Waals surface area contributed by atoms with Crippen molar-refractivity contribution in [2.75, 3.05) is 20.2 Å². The van der Waals surface area contributed by atoms with E-state index in [1.807, 2.05) is 12.1 Å². The van der Waals surface area contributed by atoms with Crippen molar-refractivity contribution >= 4 is 11.7 Å². The fourth-order valence-electron chi connectivity index (χ4n) is 2.63. The fraction of sp³-hybridized carbons (Fsp3) is 0.263. The molecule has 24 heavy (non-hydrogen) atoms. The summed E-state index contributed by atoms with van der Waals surface area (Å²) >= 11 is 0. The zero-order chi connectivity index (χ0) is 16.8.